The molecule has 0 amide bonds. The molecular weight excluding hydrogens is 400 g/mol. The molecule has 146 valence electrons. The minimum Gasteiger partial charge on any atom is -0.497 e. The summed E-state index contributed by atoms with van der Waals surface area (Å²) in [7, 11) is -2.11. The van der Waals surface area contributed by atoms with Crippen molar-refractivity contribution in [2.24, 2.45) is 0 Å². The summed E-state index contributed by atoms with van der Waals surface area (Å²) in [5, 5.41) is 0.405. The highest BCUT2D eigenvalue weighted by atomic mass is 35.5. The fourth-order valence-corrected chi connectivity index (χ4v) is 4.03. The van der Waals surface area contributed by atoms with Gasteiger partial charge in [0.05, 0.1) is 12.0 Å². The summed E-state index contributed by atoms with van der Waals surface area (Å²) in [6.07, 6.45) is 1.56. The maximum Gasteiger partial charge on any atom is 0.241 e. The Labute approximate surface area is 169 Å². The first kappa shape index (κ1) is 20.1. The normalized spacial score (nSPS) is 11.2. The highest BCUT2D eigenvalue weighted by Gasteiger charge is 2.17. The number of ether oxygens (including phenoxy) is 2. The van der Waals surface area contributed by atoms with Crippen molar-refractivity contribution in [3.05, 3.63) is 76.9 Å². The topological polar surface area (TPSA) is 77.5 Å². The van der Waals surface area contributed by atoms with Crippen molar-refractivity contribution in [3.63, 3.8) is 0 Å². The van der Waals surface area contributed by atoms with Crippen LogP contribution in [0.3, 0.4) is 0 Å². The number of aromatic nitrogens is 1. The zero-order valence-corrected chi connectivity index (χ0v) is 16.9. The highest BCUT2D eigenvalue weighted by molar-refractivity contribution is 7.89. The number of nitrogens with one attached hydrogen (secondary N) is 1. The van der Waals surface area contributed by atoms with E-state index in [2.05, 4.69) is 9.71 Å². The number of hydrogen-bond donors (Lipinski definition) is 1. The number of benzene rings is 2. The summed E-state index contributed by atoms with van der Waals surface area (Å²) >= 11 is 6.03. The van der Waals surface area contributed by atoms with Crippen molar-refractivity contribution < 1.29 is 17.9 Å². The van der Waals surface area contributed by atoms with E-state index in [1.54, 1.807) is 68.8 Å². The van der Waals surface area contributed by atoms with Gasteiger partial charge in [0.15, 0.2) is 0 Å². The van der Waals surface area contributed by atoms with Crippen LogP contribution in [0.25, 0.3) is 0 Å². The Morgan fingerprint density at radius 2 is 1.79 bits per heavy atom. The van der Waals surface area contributed by atoms with E-state index in [0.29, 0.717) is 27.8 Å². The fraction of sp³-hybridized carbons (Fsp3) is 0.150. The van der Waals surface area contributed by atoms with E-state index in [-0.39, 0.29) is 11.4 Å². The van der Waals surface area contributed by atoms with Crippen LogP contribution in [0.4, 0.5) is 0 Å². The number of hydrogen-bond acceptors (Lipinski definition) is 5. The molecule has 8 heteroatoms. The standard InChI is InChI=1S/C20H19ClN2O4S/c1-14-18(21)4-3-5-19(14)28(24,25)23-13-15-10-11-22-20(12-15)27-17-8-6-16(26-2)7-9-17/h3-12,23H,13H2,1-2H3. The van der Waals surface area contributed by atoms with Gasteiger partial charge in [-0.1, -0.05) is 17.7 Å². The van der Waals surface area contributed by atoms with Crippen molar-refractivity contribution in [2.75, 3.05) is 7.11 Å². The van der Waals surface area contributed by atoms with Gasteiger partial charge in [-0.25, -0.2) is 18.1 Å². The smallest absolute Gasteiger partial charge is 0.241 e. The Bertz CT molecular complexity index is 1070. The number of rotatable bonds is 7. The molecule has 0 fully saturated rings. The number of sulfonamides is 1. The van der Waals surface area contributed by atoms with Crippen LogP contribution in [0, 0.1) is 6.92 Å². The predicted molar refractivity (Wildman–Crippen MR) is 108 cm³/mol. The summed E-state index contributed by atoms with van der Waals surface area (Å²) in [5.74, 6) is 1.68. The highest BCUT2D eigenvalue weighted by Crippen LogP contribution is 2.24. The lowest BCUT2D eigenvalue weighted by molar-refractivity contribution is 0.412. The van der Waals surface area contributed by atoms with Crippen LogP contribution in [-0.2, 0) is 16.6 Å². The third-order valence-corrected chi connectivity index (χ3v) is 6.01. The number of halogens is 1. The predicted octanol–water partition coefficient (Wildman–Crippen LogP) is 4.32. The molecule has 6 nitrogen and oxygen atoms in total. The van der Waals surface area contributed by atoms with Crippen molar-refractivity contribution in [1.29, 1.82) is 0 Å². The molecular formula is C20H19ClN2O4S. The van der Waals surface area contributed by atoms with Gasteiger partial charge in [-0.15, -0.1) is 0 Å². The summed E-state index contributed by atoms with van der Waals surface area (Å²) in [5.41, 5.74) is 1.22. The van der Waals surface area contributed by atoms with Gasteiger partial charge in [-0.3, -0.25) is 0 Å². The largest absolute Gasteiger partial charge is 0.497 e. The zero-order chi connectivity index (χ0) is 20.1. The lowest BCUT2D eigenvalue weighted by atomic mass is 10.2. The molecule has 0 aliphatic rings. The number of nitrogens with zero attached hydrogens (tertiary/aromatic N) is 1. The van der Waals surface area contributed by atoms with Gasteiger partial charge in [-0.2, -0.15) is 0 Å². The number of pyridine rings is 1. The molecule has 0 aliphatic carbocycles. The average Bonchev–Trinajstić information content (AvgIpc) is 2.69. The zero-order valence-electron chi connectivity index (χ0n) is 15.3. The van der Waals surface area contributed by atoms with Crippen LogP contribution < -0.4 is 14.2 Å². The SMILES string of the molecule is COc1ccc(Oc2cc(CNS(=O)(=O)c3cccc(Cl)c3C)ccn2)cc1. The molecule has 0 spiro atoms. The van der Waals surface area contributed by atoms with Gasteiger partial charge in [0, 0.05) is 23.8 Å². The molecule has 1 N–H and O–H groups in total. The monoisotopic (exact) mass is 418 g/mol. The van der Waals surface area contributed by atoms with Gasteiger partial charge in [0.2, 0.25) is 15.9 Å². The Hall–Kier alpha value is -2.61. The second-order valence-electron chi connectivity index (χ2n) is 5.97. The molecule has 2 aromatic carbocycles. The van der Waals surface area contributed by atoms with Crippen LogP contribution >= 0.6 is 11.6 Å². The first-order chi connectivity index (χ1) is 13.4. The van der Waals surface area contributed by atoms with Crippen molar-refractivity contribution in [3.8, 4) is 17.4 Å². The van der Waals surface area contributed by atoms with Gasteiger partial charge in [-0.05, 0) is 60.5 Å². The van der Waals surface area contributed by atoms with Crippen LogP contribution in [0.15, 0.2) is 65.7 Å². The summed E-state index contributed by atoms with van der Waals surface area (Å²) < 4.78 is 38.6. The molecule has 28 heavy (non-hydrogen) atoms. The molecule has 0 radical (unpaired) electrons. The Balaban J connectivity index is 1.71. The van der Waals surface area contributed by atoms with E-state index >= 15 is 0 Å². The molecule has 3 aromatic rings. The summed E-state index contributed by atoms with van der Waals surface area (Å²) in [6.45, 7) is 1.76. The molecule has 0 aliphatic heterocycles. The van der Waals surface area contributed by atoms with Crippen molar-refractivity contribution >= 4 is 21.6 Å². The third kappa shape index (κ3) is 4.81. The Morgan fingerprint density at radius 3 is 2.50 bits per heavy atom. The molecule has 1 aromatic heterocycles. The Kier molecular flexibility index (Phi) is 6.18. The molecule has 0 saturated heterocycles. The Morgan fingerprint density at radius 1 is 1.07 bits per heavy atom. The second kappa shape index (κ2) is 8.60. The maximum atomic E-state index is 12.6. The lowest BCUT2D eigenvalue weighted by Crippen LogP contribution is -2.24. The van der Waals surface area contributed by atoms with Gasteiger partial charge >= 0.3 is 0 Å². The molecule has 0 bridgehead atoms. The van der Waals surface area contributed by atoms with Crippen LogP contribution in [-0.4, -0.2) is 20.5 Å². The van der Waals surface area contributed by atoms with Crippen LogP contribution in [0.2, 0.25) is 5.02 Å². The fourth-order valence-electron chi connectivity index (χ4n) is 2.52. The van der Waals surface area contributed by atoms with Crippen LogP contribution in [0.5, 0.6) is 17.4 Å². The van der Waals surface area contributed by atoms with E-state index in [1.165, 1.54) is 6.07 Å². The maximum absolute atomic E-state index is 12.6. The molecule has 3 rings (SSSR count). The molecule has 0 unspecified atom stereocenters. The minimum atomic E-state index is -3.70. The summed E-state index contributed by atoms with van der Waals surface area (Å²) in [4.78, 5) is 4.31. The van der Waals surface area contributed by atoms with E-state index in [1.807, 2.05) is 0 Å². The van der Waals surface area contributed by atoms with Crippen LogP contribution in [0.1, 0.15) is 11.1 Å². The first-order valence-corrected chi connectivity index (χ1v) is 10.3. The van der Waals surface area contributed by atoms with Gasteiger partial charge in [0.25, 0.3) is 0 Å². The second-order valence-corrected chi connectivity index (χ2v) is 8.11. The summed E-state index contributed by atoms with van der Waals surface area (Å²) in [6, 6.07) is 15.3. The average molecular weight is 419 g/mol. The van der Waals surface area contributed by atoms with Crippen molar-refractivity contribution in [2.45, 2.75) is 18.4 Å². The minimum absolute atomic E-state index is 0.0930. The quantitative estimate of drug-likeness (QED) is 0.618. The first-order valence-electron chi connectivity index (χ1n) is 8.40. The van der Waals surface area contributed by atoms with E-state index in [0.717, 1.165) is 5.75 Å². The lowest BCUT2D eigenvalue weighted by Gasteiger charge is -2.11. The number of methoxy groups -OCH3 is 1. The van der Waals surface area contributed by atoms with E-state index in [4.69, 9.17) is 21.1 Å². The van der Waals surface area contributed by atoms with Gasteiger partial charge < -0.3 is 9.47 Å². The molecule has 0 atom stereocenters. The van der Waals surface area contributed by atoms with Gasteiger partial charge in [0.1, 0.15) is 11.5 Å². The third-order valence-electron chi connectivity index (χ3n) is 4.05. The van der Waals surface area contributed by atoms with E-state index in [9.17, 15) is 8.42 Å². The van der Waals surface area contributed by atoms with Crippen molar-refractivity contribution in [1.82, 2.24) is 9.71 Å². The van der Waals surface area contributed by atoms with E-state index < -0.39 is 10.0 Å². The molecule has 1 heterocycles. The molecule has 0 saturated carbocycles.